The lowest BCUT2D eigenvalue weighted by atomic mass is 10.2. The van der Waals surface area contributed by atoms with Crippen LogP contribution in [0.25, 0.3) is 0 Å². The van der Waals surface area contributed by atoms with Crippen molar-refractivity contribution in [2.45, 2.75) is 52.9 Å². The number of unbranched alkanes of at least 4 members (excludes halogenated alkanes) is 3. The van der Waals surface area contributed by atoms with E-state index in [4.69, 9.17) is 0 Å². The molecule has 1 heteroatoms. The van der Waals surface area contributed by atoms with Crippen molar-refractivity contribution in [3.63, 3.8) is 0 Å². The third kappa shape index (κ3) is 5.68. The minimum absolute atomic E-state index is 0.115. The summed E-state index contributed by atoms with van der Waals surface area (Å²) in [6.45, 7) is 6.78. The molecule has 0 aliphatic rings. The van der Waals surface area contributed by atoms with Gasteiger partial charge in [-0.3, -0.25) is 0 Å². The number of aryl methyl sites for hydroxylation is 1. The van der Waals surface area contributed by atoms with Crippen molar-refractivity contribution in [3.8, 4) is 0 Å². The first-order valence-corrected chi connectivity index (χ1v) is 8.80. The first-order valence-electron chi connectivity index (χ1n) is 7.09. The molecule has 17 heavy (non-hydrogen) atoms. The zero-order chi connectivity index (χ0) is 12.5. The first kappa shape index (κ1) is 14.7. The third-order valence-electron chi connectivity index (χ3n) is 3.17. The van der Waals surface area contributed by atoms with Gasteiger partial charge in [0.05, 0.1) is 0 Å². The Morgan fingerprint density at radius 1 is 0.824 bits per heavy atom. The molecule has 0 aliphatic carbocycles. The lowest BCUT2D eigenvalue weighted by Gasteiger charge is -2.17. The van der Waals surface area contributed by atoms with Crippen LogP contribution in [0.2, 0.25) is 0 Å². The van der Waals surface area contributed by atoms with Crippen LogP contribution in [0, 0.1) is 6.92 Å². The highest BCUT2D eigenvalue weighted by Gasteiger charge is 2.09. The van der Waals surface area contributed by atoms with Crippen molar-refractivity contribution < 1.29 is 0 Å². The summed E-state index contributed by atoms with van der Waals surface area (Å²) in [6, 6.07) is 9.26. The maximum absolute atomic E-state index is 2.36. The molecule has 0 spiro atoms. The monoisotopic (exact) mass is 250 g/mol. The van der Waals surface area contributed by atoms with Crippen LogP contribution in [-0.2, 0) is 0 Å². The van der Waals surface area contributed by atoms with Gasteiger partial charge < -0.3 is 0 Å². The van der Waals surface area contributed by atoms with Gasteiger partial charge in [-0.15, -0.1) is 0 Å². The molecule has 0 amide bonds. The molecule has 0 heterocycles. The molecule has 0 radical (unpaired) electrons. The van der Waals surface area contributed by atoms with Crippen LogP contribution >= 0.6 is 7.92 Å². The molecule has 0 aromatic heterocycles. The Balaban J connectivity index is 2.49. The van der Waals surface area contributed by atoms with Crippen LogP contribution in [0.1, 0.15) is 51.5 Å². The maximum Gasteiger partial charge on any atom is -0.0240 e. The fourth-order valence-corrected chi connectivity index (χ4v) is 4.58. The van der Waals surface area contributed by atoms with Gasteiger partial charge in [0.25, 0.3) is 0 Å². The summed E-state index contributed by atoms with van der Waals surface area (Å²) in [5, 5.41) is 1.61. The number of hydrogen-bond acceptors (Lipinski definition) is 0. The van der Waals surface area contributed by atoms with Crippen molar-refractivity contribution in [1.29, 1.82) is 0 Å². The standard InChI is InChI=1S/C16H27P/c1-4-6-7-8-14-17(13-5-2)16-11-9-15(3)10-12-16/h9-12H,4-8,13-14H2,1-3H3. The third-order valence-corrected chi connectivity index (χ3v) is 6.05. The molecule has 1 aromatic rings. The van der Waals surface area contributed by atoms with Crippen LogP contribution in [0.4, 0.5) is 0 Å². The molecule has 0 fully saturated rings. The number of hydrogen-bond donors (Lipinski definition) is 0. The van der Waals surface area contributed by atoms with Crippen molar-refractivity contribution in [2.75, 3.05) is 12.3 Å². The van der Waals surface area contributed by atoms with Crippen molar-refractivity contribution in [2.24, 2.45) is 0 Å². The van der Waals surface area contributed by atoms with E-state index in [1.807, 2.05) is 0 Å². The summed E-state index contributed by atoms with van der Waals surface area (Å²) in [7, 11) is 0.115. The van der Waals surface area contributed by atoms with Gasteiger partial charge in [0, 0.05) is 0 Å². The SMILES string of the molecule is CCCCCCP(CCC)c1ccc(C)cc1. The Bertz CT molecular complexity index is 289. The van der Waals surface area contributed by atoms with E-state index in [1.54, 1.807) is 5.30 Å². The fraction of sp³-hybridized carbons (Fsp3) is 0.625. The van der Waals surface area contributed by atoms with Gasteiger partial charge in [0.1, 0.15) is 0 Å². The van der Waals surface area contributed by atoms with Crippen LogP contribution in [-0.4, -0.2) is 12.3 Å². The second kappa shape index (κ2) is 8.70. The molecule has 0 aliphatic heterocycles. The molecule has 0 N–H and O–H groups in total. The van der Waals surface area contributed by atoms with E-state index in [0.717, 1.165) is 0 Å². The number of benzene rings is 1. The predicted molar refractivity (Wildman–Crippen MR) is 81.9 cm³/mol. The van der Waals surface area contributed by atoms with Gasteiger partial charge in [0.15, 0.2) is 0 Å². The molecular formula is C16H27P. The van der Waals surface area contributed by atoms with Crippen LogP contribution in [0.3, 0.4) is 0 Å². The first-order chi connectivity index (χ1) is 8.27. The highest BCUT2D eigenvalue weighted by Crippen LogP contribution is 2.36. The van der Waals surface area contributed by atoms with E-state index < -0.39 is 0 Å². The average molecular weight is 250 g/mol. The lowest BCUT2D eigenvalue weighted by Crippen LogP contribution is -2.06. The van der Waals surface area contributed by atoms with Crippen LogP contribution in [0.5, 0.6) is 0 Å². The summed E-state index contributed by atoms with van der Waals surface area (Å²) in [6.07, 6.45) is 9.77. The molecule has 1 rings (SSSR count). The van der Waals surface area contributed by atoms with Crippen LogP contribution in [0.15, 0.2) is 24.3 Å². The highest BCUT2D eigenvalue weighted by atomic mass is 31.1. The molecule has 1 unspecified atom stereocenters. The van der Waals surface area contributed by atoms with Gasteiger partial charge >= 0.3 is 0 Å². The summed E-state index contributed by atoms with van der Waals surface area (Å²) < 4.78 is 0. The average Bonchev–Trinajstić information content (AvgIpc) is 2.34. The molecule has 0 saturated carbocycles. The zero-order valence-corrected chi connectivity index (χ0v) is 12.6. The summed E-state index contributed by atoms with van der Waals surface area (Å²) >= 11 is 0. The minimum atomic E-state index is 0.115. The topological polar surface area (TPSA) is 0 Å². The van der Waals surface area contributed by atoms with E-state index >= 15 is 0 Å². The molecule has 1 atom stereocenters. The lowest BCUT2D eigenvalue weighted by molar-refractivity contribution is 0.705. The zero-order valence-electron chi connectivity index (χ0n) is 11.7. The Kier molecular flexibility index (Phi) is 7.53. The Hall–Kier alpha value is -0.350. The van der Waals surface area contributed by atoms with Gasteiger partial charge in [-0.2, -0.15) is 0 Å². The summed E-state index contributed by atoms with van der Waals surface area (Å²) in [5.74, 6) is 0. The van der Waals surface area contributed by atoms with E-state index in [0.29, 0.717) is 0 Å². The van der Waals surface area contributed by atoms with Crippen LogP contribution < -0.4 is 5.30 Å². The fourth-order valence-electron chi connectivity index (χ4n) is 2.12. The van der Waals surface area contributed by atoms with E-state index in [2.05, 4.69) is 45.0 Å². The molecular weight excluding hydrogens is 223 g/mol. The molecule has 1 aromatic carbocycles. The summed E-state index contributed by atoms with van der Waals surface area (Å²) in [5.41, 5.74) is 1.38. The van der Waals surface area contributed by atoms with Gasteiger partial charge in [-0.05, 0) is 31.0 Å². The largest absolute Gasteiger partial charge is 0.0753 e. The Labute approximate surface area is 109 Å². The quantitative estimate of drug-likeness (QED) is 0.445. The van der Waals surface area contributed by atoms with E-state index in [-0.39, 0.29) is 7.92 Å². The predicted octanol–water partition coefficient (Wildman–Crippen LogP) is 5.09. The second-order valence-electron chi connectivity index (χ2n) is 4.88. The highest BCUT2D eigenvalue weighted by molar-refractivity contribution is 7.65. The molecule has 96 valence electrons. The van der Waals surface area contributed by atoms with Gasteiger partial charge in [-0.25, -0.2) is 0 Å². The molecule has 0 bridgehead atoms. The van der Waals surface area contributed by atoms with Crippen molar-refractivity contribution in [1.82, 2.24) is 0 Å². The van der Waals surface area contributed by atoms with E-state index in [9.17, 15) is 0 Å². The van der Waals surface area contributed by atoms with Crippen molar-refractivity contribution in [3.05, 3.63) is 29.8 Å². The van der Waals surface area contributed by atoms with Gasteiger partial charge in [0.2, 0.25) is 0 Å². The Morgan fingerprint density at radius 3 is 2.12 bits per heavy atom. The van der Waals surface area contributed by atoms with Gasteiger partial charge in [-0.1, -0.05) is 77.3 Å². The Morgan fingerprint density at radius 2 is 1.53 bits per heavy atom. The maximum atomic E-state index is 2.36. The van der Waals surface area contributed by atoms with Crippen molar-refractivity contribution >= 4 is 13.2 Å². The summed E-state index contributed by atoms with van der Waals surface area (Å²) in [4.78, 5) is 0. The normalized spacial score (nSPS) is 12.6. The number of rotatable bonds is 8. The smallest absolute Gasteiger partial charge is 0.0240 e. The molecule has 0 nitrogen and oxygen atoms in total. The van der Waals surface area contributed by atoms with E-state index in [1.165, 1.54) is 50.0 Å². The minimum Gasteiger partial charge on any atom is -0.0753 e. The second-order valence-corrected chi connectivity index (χ2v) is 7.37. The molecule has 0 saturated heterocycles.